The first kappa shape index (κ1) is 21.2. The SMILES string of the molecule is FC(F)c1nnc(-c2ccc(COc3ccc(-c4ccnn4C4CCCCO4)cc3)nc2)o1. The van der Waals surface area contributed by atoms with Crippen LogP contribution in [0.1, 0.15) is 43.5 Å². The zero-order valence-corrected chi connectivity index (χ0v) is 17.6. The van der Waals surface area contributed by atoms with Crippen LogP contribution in [0.2, 0.25) is 0 Å². The Balaban J connectivity index is 1.21. The van der Waals surface area contributed by atoms with Gasteiger partial charge in [-0.25, -0.2) is 4.68 Å². The molecule has 170 valence electrons. The van der Waals surface area contributed by atoms with Crippen LogP contribution in [-0.4, -0.2) is 31.6 Å². The first-order valence-corrected chi connectivity index (χ1v) is 10.6. The third-order valence-electron chi connectivity index (χ3n) is 5.33. The Morgan fingerprint density at radius 3 is 2.58 bits per heavy atom. The molecule has 0 N–H and O–H groups in total. The number of ether oxygens (including phenoxy) is 2. The minimum absolute atomic E-state index is 0.00118. The van der Waals surface area contributed by atoms with E-state index in [0.717, 1.165) is 37.1 Å². The van der Waals surface area contributed by atoms with Crippen LogP contribution in [0.3, 0.4) is 0 Å². The molecule has 1 atom stereocenters. The molecule has 3 aromatic heterocycles. The van der Waals surface area contributed by atoms with Crippen LogP contribution in [-0.2, 0) is 11.3 Å². The number of pyridine rings is 1. The van der Waals surface area contributed by atoms with E-state index in [1.807, 2.05) is 35.0 Å². The zero-order chi connectivity index (χ0) is 22.6. The average Bonchev–Trinajstić information content (AvgIpc) is 3.55. The van der Waals surface area contributed by atoms with Crippen molar-refractivity contribution in [2.75, 3.05) is 6.61 Å². The minimum atomic E-state index is -2.81. The molecule has 1 aromatic carbocycles. The van der Waals surface area contributed by atoms with Crippen LogP contribution in [0.15, 0.2) is 59.3 Å². The van der Waals surface area contributed by atoms with E-state index >= 15 is 0 Å². The lowest BCUT2D eigenvalue weighted by atomic mass is 10.1. The van der Waals surface area contributed by atoms with Gasteiger partial charge in [0, 0.05) is 24.6 Å². The largest absolute Gasteiger partial charge is 0.487 e. The van der Waals surface area contributed by atoms with Gasteiger partial charge in [-0.3, -0.25) is 4.98 Å². The number of aromatic nitrogens is 5. The van der Waals surface area contributed by atoms with Gasteiger partial charge in [0.1, 0.15) is 12.4 Å². The van der Waals surface area contributed by atoms with Crippen molar-refractivity contribution >= 4 is 0 Å². The van der Waals surface area contributed by atoms with Gasteiger partial charge >= 0.3 is 6.43 Å². The molecule has 33 heavy (non-hydrogen) atoms. The fourth-order valence-electron chi connectivity index (χ4n) is 3.64. The molecular weight excluding hydrogens is 432 g/mol. The van der Waals surface area contributed by atoms with E-state index in [0.29, 0.717) is 17.0 Å². The fourth-order valence-corrected chi connectivity index (χ4v) is 3.64. The molecule has 1 saturated heterocycles. The monoisotopic (exact) mass is 453 g/mol. The van der Waals surface area contributed by atoms with Crippen molar-refractivity contribution in [2.24, 2.45) is 0 Å². The van der Waals surface area contributed by atoms with Crippen molar-refractivity contribution in [3.05, 3.63) is 66.4 Å². The molecule has 4 aromatic rings. The van der Waals surface area contributed by atoms with Crippen molar-refractivity contribution in [3.8, 4) is 28.5 Å². The van der Waals surface area contributed by atoms with Gasteiger partial charge in [-0.05, 0) is 61.7 Å². The lowest BCUT2D eigenvalue weighted by Gasteiger charge is -2.24. The second-order valence-electron chi connectivity index (χ2n) is 7.58. The number of hydrogen-bond acceptors (Lipinski definition) is 7. The molecule has 1 unspecified atom stereocenters. The van der Waals surface area contributed by atoms with Crippen LogP contribution in [0.4, 0.5) is 8.78 Å². The summed E-state index contributed by atoms with van der Waals surface area (Å²) in [7, 11) is 0. The summed E-state index contributed by atoms with van der Waals surface area (Å²) in [6.07, 6.45) is 3.63. The Bertz CT molecular complexity index is 1190. The highest BCUT2D eigenvalue weighted by atomic mass is 19.3. The first-order chi connectivity index (χ1) is 16.2. The molecule has 1 aliphatic heterocycles. The molecule has 8 nitrogen and oxygen atoms in total. The third-order valence-corrected chi connectivity index (χ3v) is 5.33. The maximum absolute atomic E-state index is 12.6. The van der Waals surface area contributed by atoms with E-state index in [4.69, 9.17) is 13.9 Å². The van der Waals surface area contributed by atoms with Crippen LogP contribution in [0.5, 0.6) is 5.75 Å². The minimum Gasteiger partial charge on any atom is -0.487 e. The van der Waals surface area contributed by atoms with Crippen molar-refractivity contribution in [2.45, 2.75) is 38.5 Å². The van der Waals surface area contributed by atoms with E-state index < -0.39 is 12.3 Å². The van der Waals surface area contributed by atoms with E-state index in [1.54, 1.807) is 18.3 Å². The molecule has 0 saturated carbocycles. The Kier molecular flexibility index (Phi) is 6.07. The van der Waals surface area contributed by atoms with Crippen LogP contribution in [0.25, 0.3) is 22.7 Å². The van der Waals surface area contributed by atoms with Gasteiger partial charge in [-0.2, -0.15) is 13.9 Å². The molecule has 1 aliphatic rings. The molecule has 10 heteroatoms. The van der Waals surface area contributed by atoms with Gasteiger partial charge in [0.25, 0.3) is 5.89 Å². The Hall–Kier alpha value is -3.66. The van der Waals surface area contributed by atoms with Gasteiger partial charge < -0.3 is 13.9 Å². The molecule has 0 amide bonds. The highest BCUT2D eigenvalue weighted by molar-refractivity contribution is 5.60. The molecular formula is C23H21F2N5O3. The van der Waals surface area contributed by atoms with E-state index in [-0.39, 0.29) is 18.7 Å². The van der Waals surface area contributed by atoms with Gasteiger partial charge in [0.15, 0.2) is 6.23 Å². The van der Waals surface area contributed by atoms with Crippen molar-refractivity contribution < 1.29 is 22.7 Å². The van der Waals surface area contributed by atoms with Gasteiger partial charge in [-0.15, -0.1) is 10.2 Å². The lowest BCUT2D eigenvalue weighted by Crippen LogP contribution is -2.19. The number of rotatable bonds is 7. The van der Waals surface area contributed by atoms with E-state index in [2.05, 4.69) is 20.3 Å². The standard InChI is InChI=1S/C23H21F2N5O3/c24-21(25)23-29-28-22(33-23)16-4-7-17(26-13-16)14-32-18-8-5-15(6-9-18)19-10-11-27-30(19)20-3-1-2-12-31-20/h4-11,13,20-21H,1-3,12,14H2. The van der Waals surface area contributed by atoms with Gasteiger partial charge in [0.05, 0.1) is 17.0 Å². The number of benzene rings is 1. The highest BCUT2D eigenvalue weighted by Crippen LogP contribution is 2.29. The van der Waals surface area contributed by atoms with Crippen LogP contribution >= 0.6 is 0 Å². The summed E-state index contributed by atoms with van der Waals surface area (Å²) in [5.74, 6) is -0.0167. The molecule has 0 aliphatic carbocycles. The maximum atomic E-state index is 12.6. The number of halogens is 2. The number of nitrogens with zero attached hydrogens (tertiary/aromatic N) is 5. The van der Waals surface area contributed by atoms with Gasteiger partial charge in [0.2, 0.25) is 5.89 Å². The summed E-state index contributed by atoms with van der Waals surface area (Å²) in [6.45, 7) is 1.01. The average molecular weight is 453 g/mol. The summed E-state index contributed by atoms with van der Waals surface area (Å²) in [6, 6.07) is 13.1. The van der Waals surface area contributed by atoms with Crippen molar-refractivity contribution in [1.82, 2.24) is 25.0 Å². The lowest BCUT2D eigenvalue weighted by molar-refractivity contribution is -0.0383. The molecule has 1 fully saturated rings. The smallest absolute Gasteiger partial charge is 0.314 e. The Labute approximate surface area is 188 Å². The first-order valence-electron chi connectivity index (χ1n) is 10.6. The van der Waals surface area contributed by atoms with Crippen molar-refractivity contribution in [1.29, 1.82) is 0 Å². The fraction of sp³-hybridized carbons (Fsp3) is 0.304. The van der Waals surface area contributed by atoms with Gasteiger partial charge in [-0.1, -0.05) is 0 Å². The van der Waals surface area contributed by atoms with E-state index in [1.165, 1.54) is 6.20 Å². The predicted octanol–water partition coefficient (Wildman–Crippen LogP) is 5.21. The third kappa shape index (κ3) is 4.75. The zero-order valence-electron chi connectivity index (χ0n) is 17.6. The Morgan fingerprint density at radius 2 is 1.88 bits per heavy atom. The van der Waals surface area contributed by atoms with E-state index in [9.17, 15) is 8.78 Å². The maximum Gasteiger partial charge on any atom is 0.314 e. The normalized spacial score (nSPS) is 16.3. The number of alkyl halides is 2. The van der Waals surface area contributed by atoms with Crippen LogP contribution in [0, 0.1) is 0 Å². The Morgan fingerprint density at radius 1 is 1.03 bits per heavy atom. The summed E-state index contributed by atoms with van der Waals surface area (Å²) in [4.78, 5) is 4.28. The molecule has 0 spiro atoms. The molecule has 0 radical (unpaired) electrons. The highest BCUT2D eigenvalue weighted by Gasteiger charge is 2.20. The number of hydrogen-bond donors (Lipinski definition) is 0. The van der Waals surface area contributed by atoms with Crippen molar-refractivity contribution in [3.63, 3.8) is 0 Å². The second kappa shape index (κ2) is 9.45. The quantitative estimate of drug-likeness (QED) is 0.379. The summed E-state index contributed by atoms with van der Waals surface area (Å²) >= 11 is 0. The van der Waals surface area contributed by atoms with Crippen LogP contribution < -0.4 is 4.74 Å². The topological polar surface area (TPSA) is 88.1 Å². The molecule has 5 rings (SSSR count). The summed E-state index contributed by atoms with van der Waals surface area (Å²) in [5.41, 5.74) is 3.16. The molecule has 0 bridgehead atoms. The summed E-state index contributed by atoms with van der Waals surface area (Å²) in [5, 5.41) is 11.4. The molecule has 4 heterocycles. The second-order valence-corrected chi connectivity index (χ2v) is 7.58. The predicted molar refractivity (Wildman–Crippen MR) is 113 cm³/mol. The summed E-state index contributed by atoms with van der Waals surface area (Å²) < 4.78 is 43.8.